The molecular formula is C19H18ClN3O3. The normalized spacial score (nSPS) is 19.4. The Labute approximate surface area is 156 Å². The molecular weight excluding hydrogens is 354 g/mol. The van der Waals surface area contributed by atoms with Gasteiger partial charge >= 0.3 is 6.03 Å². The highest BCUT2D eigenvalue weighted by Gasteiger charge is 2.49. The molecule has 1 heterocycles. The number of nitrogens with zero attached hydrogens (tertiary/aromatic N) is 1. The third-order valence-electron chi connectivity index (χ3n) is 4.33. The van der Waals surface area contributed by atoms with E-state index in [1.165, 1.54) is 0 Å². The second-order valence-electron chi connectivity index (χ2n) is 6.22. The smallest absolute Gasteiger partial charge is 0.325 e. The summed E-state index contributed by atoms with van der Waals surface area (Å²) >= 11 is 5.82. The molecule has 1 fully saturated rings. The fraction of sp³-hybridized carbons (Fsp3) is 0.211. The minimum atomic E-state index is -1.17. The predicted octanol–water partition coefficient (Wildman–Crippen LogP) is 2.42. The van der Waals surface area contributed by atoms with E-state index in [0.717, 1.165) is 10.5 Å². The Morgan fingerprint density at radius 1 is 1.12 bits per heavy atom. The molecule has 0 aromatic heterocycles. The number of rotatable bonds is 5. The lowest BCUT2D eigenvalue weighted by Crippen LogP contribution is -2.43. The van der Waals surface area contributed by atoms with Gasteiger partial charge in [0.2, 0.25) is 5.91 Å². The van der Waals surface area contributed by atoms with E-state index >= 15 is 0 Å². The molecule has 0 unspecified atom stereocenters. The summed E-state index contributed by atoms with van der Waals surface area (Å²) in [6.07, 6.45) is 0. The van der Waals surface area contributed by atoms with Crippen molar-refractivity contribution in [2.75, 3.05) is 6.54 Å². The van der Waals surface area contributed by atoms with Crippen molar-refractivity contribution in [1.29, 1.82) is 0 Å². The standard InChI is InChI=1S/C19H18ClN3O3/c1-19(14-5-3-2-4-6-14)17(25)23(18(26)22-19)12-16(24)21-11-13-7-9-15(20)10-8-13/h2-10H,11-12H2,1H3,(H,21,24)(H,22,26)/t19-/m1/s1. The van der Waals surface area contributed by atoms with Crippen molar-refractivity contribution in [3.63, 3.8) is 0 Å². The summed E-state index contributed by atoms with van der Waals surface area (Å²) in [6.45, 7) is 1.59. The van der Waals surface area contributed by atoms with Crippen LogP contribution in [0.1, 0.15) is 18.1 Å². The second kappa shape index (κ2) is 7.17. The second-order valence-corrected chi connectivity index (χ2v) is 6.65. The molecule has 0 saturated carbocycles. The summed E-state index contributed by atoms with van der Waals surface area (Å²) in [4.78, 5) is 38.1. The zero-order valence-electron chi connectivity index (χ0n) is 14.2. The molecule has 1 atom stereocenters. The van der Waals surface area contributed by atoms with Gasteiger partial charge < -0.3 is 10.6 Å². The maximum Gasteiger partial charge on any atom is 0.325 e. The quantitative estimate of drug-likeness (QED) is 0.792. The Kier molecular flexibility index (Phi) is 4.95. The van der Waals surface area contributed by atoms with Gasteiger partial charge in [-0.25, -0.2) is 4.79 Å². The lowest BCUT2D eigenvalue weighted by molar-refractivity contribution is -0.134. The fourth-order valence-electron chi connectivity index (χ4n) is 2.81. The number of imide groups is 1. The van der Waals surface area contributed by atoms with Crippen LogP contribution >= 0.6 is 11.6 Å². The lowest BCUT2D eigenvalue weighted by Gasteiger charge is -2.22. The molecule has 1 aliphatic rings. The van der Waals surface area contributed by atoms with Crippen LogP contribution in [0.15, 0.2) is 54.6 Å². The van der Waals surface area contributed by atoms with E-state index in [-0.39, 0.29) is 13.1 Å². The van der Waals surface area contributed by atoms with Crippen LogP contribution in [0.2, 0.25) is 5.02 Å². The number of carbonyl (C=O) groups is 3. The number of halogens is 1. The first-order chi connectivity index (χ1) is 12.4. The van der Waals surface area contributed by atoms with E-state index in [4.69, 9.17) is 11.6 Å². The molecule has 4 amide bonds. The highest BCUT2D eigenvalue weighted by Crippen LogP contribution is 2.28. The minimum Gasteiger partial charge on any atom is -0.350 e. The van der Waals surface area contributed by atoms with Crippen LogP contribution in [0.4, 0.5) is 4.79 Å². The molecule has 1 aliphatic heterocycles. The number of hydrogen-bond donors (Lipinski definition) is 2. The summed E-state index contributed by atoms with van der Waals surface area (Å²) in [5, 5.41) is 5.98. The number of benzene rings is 2. The van der Waals surface area contributed by atoms with Gasteiger partial charge in [0, 0.05) is 11.6 Å². The summed E-state index contributed by atoms with van der Waals surface area (Å²) < 4.78 is 0. The molecule has 2 N–H and O–H groups in total. The Morgan fingerprint density at radius 3 is 2.42 bits per heavy atom. The van der Waals surface area contributed by atoms with Crippen LogP contribution in [0.3, 0.4) is 0 Å². The van der Waals surface area contributed by atoms with E-state index in [2.05, 4.69) is 10.6 Å². The summed E-state index contributed by atoms with van der Waals surface area (Å²) in [5.41, 5.74) is 0.367. The van der Waals surface area contributed by atoms with Gasteiger partial charge in [-0.15, -0.1) is 0 Å². The summed E-state index contributed by atoms with van der Waals surface area (Å²) in [6, 6.07) is 15.4. The van der Waals surface area contributed by atoms with Crippen LogP contribution < -0.4 is 10.6 Å². The largest absolute Gasteiger partial charge is 0.350 e. The minimum absolute atomic E-state index is 0.287. The third-order valence-corrected chi connectivity index (χ3v) is 4.58. The molecule has 0 bridgehead atoms. The van der Waals surface area contributed by atoms with Crippen LogP contribution in [0.25, 0.3) is 0 Å². The lowest BCUT2D eigenvalue weighted by atomic mass is 9.92. The Balaban J connectivity index is 1.64. The monoisotopic (exact) mass is 371 g/mol. The van der Waals surface area contributed by atoms with Crippen molar-refractivity contribution in [3.8, 4) is 0 Å². The first kappa shape index (κ1) is 17.9. The molecule has 2 aromatic rings. The molecule has 7 heteroatoms. The Hall–Kier alpha value is -2.86. The zero-order chi connectivity index (χ0) is 18.7. The van der Waals surface area contributed by atoms with E-state index in [0.29, 0.717) is 10.6 Å². The topological polar surface area (TPSA) is 78.5 Å². The van der Waals surface area contributed by atoms with Crippen molar-refractivity contribution >= 4 is 29.4 Å². The molecule has 0 spiro atoms. The Morgan fingerprint density at radius 2 is 1.77 bits per heavy atom. The molecule has 0 aliphatic carbocycles. The summed E-state index contributed by atoms with van der Waals surface area (Å²) in [5.74, 6) is -0.865. The number of hydrogen-bond acceptors (Lipinski definition) is 3. The van der Waals surface area contributed by atoms with Crippen molar-refractivity contribution in [1.82, 2.24) is 15.5 Å². The van der Waals surface area contributed by atoms with Gasteiger partial charge in [0.15, 0.2) is 0 Å². The zero-order valence-corrected chi connectivity index (χ0v) is 14.9. The van der Waals surface area contributed by atoms with Gasteiger partial charge in [-0.3, -0.25) is 14.5 Å². The maximum atomic E-state index is 12.7. The van der Waals surface area contributed by atoms with Crippen LogP contribution in [-0.4, -0.2) is 29.3 Å². The first-order valence-corrected chi connectivity index (χ1v) is 8.49. The highest BCUT2D eigenvalue weighted by atomic mass is 35.5. The molecule has 26 heavy (non-hydrogen) atoms. The molecule has 134 valence electrons. The van der Waals surface area contributed by atoms with Gasteiger partial charge in [-0.2, -0.15) is 0 Å². The van der Waals surface area contributed by atoms with Gasteiger partial charge in [-0.05, 0) is 30.2 Å². The third kappa shape index (κ3) is 3.55. The average Bonchev–Trinajstić information content (AvgIpc) is 2.86. The van der Waals surface area contributed by atoms with Crippen molar-refractivity contribution < 1.29 is 14.4 Å². The van der Waals surface area contributed by atoms with Gasteiger partial charge in [0.05, 0.1) is 0 Å². The van der Waals surface area contributed by atoms with Crippen molar-refractivity contribution in [2.24, 2.45) is 0 Å². The van der Waals surface area contributed by atoms with Crippen LogP contribution in [0.5, 0.6) is 0 Å². The molecule has 3 rings (SSSR count). The molecule has 2 aromatic carbocycles. The van der Waals surface area contributed by atoms with Gasteiger partial charge in [0.1, 0.15) is 12.1 Å². The van der Waals surface area contributed by atoms with Crippen molar-refractivity contribution in [3.05, 3.63) is 70.7 Å². The molecule has 6 nitrogen and oxygen atoms in total. The van der Waals surface area contributed by atoms with Gasteiger partial charge in [-0.1, -0.05) is 54.1 Å². The number of carbonyl (C=O) groups excluding carboxylic acids is 3. The van der Waals surface area contributed by atoms with Crippen molar-refractivity contribution in [2.45, 2.75) is 19.0 Å². The Bertz CT molecular complexity index is 839. The molecule has 0 radical (unpaired) electrons. The number of nitrogens with one attached hydrogen (secondary N) is 2. The van der Waals surface area contributed by atoms with E-state index < -0.39 is 23.4 Å². The fourth-order valence-corrected chi connectivity index (χ4v) is 2.94. The first-order valence-electron chi connectivity index (χ1n) is 8.11. The van der Waals surface area contributed by atoms with Crippen LogP contribution in [0, 0.1) is 0 Å². The van der Waals surface area contributed by atoms with E-state index in [1.807, 2.05) is 6.07 Å². The molecule has 1 saturated heterocycles. The van der Waals surface area contributed by atoms with E-state index in [9.17, 15) is 14.4 Å². The van der Waals surface area contributed by atoms with E-state index in [1.54, 1.807) is 55.5 Å². The maximum absolute atomic E-state index is 12.7. The highest BCUT2D eigenvalue weighted by molar-refractivity contribution is 6.30. The summed E-state index contributed by atoms with van der Waals surface area (Å²) in [7, 11) is 0. The predicted molar refractivity (Wildman–Crippen MR) is 97.3 cm³/mol. The van der Waals surface area contributed by atoms with Crippen LogP contribution in [-0.2, 0) is 21.7 Å². The SMILES string of the molecule is C[C@]1(c2ccccc2)NC(=O)N(CC(=O)NCc2ccc(Cl)cc2)C1=O. The average molecular weight is 372 g/mol. The number of amides is 4. The number of urea groups is 1. The van der Waals surface area contributed by atoms with Gasteiger partial charge in [0.25, 0.3) is 5.91 Å².